The molecule has 0 radical (unpaired) electrons. The largest absolute Gasteiger partial charge is 0.462 e. The molecule has 118 valence electrons. The van der Waals surface area contributed by atoms with Crippen LogP contribution in [0.5, 0.6) is 0 Å². The van der Waals surface area contributed by atoms with Crippen molar-refractivity contribution in [2.24, 2.45) is 0 Å². The fourth-order valence-electron chi connectivity index (χ4n) is 2.31. The summed E-state index contributed by atoms with van der Waals surface area (Å²) in [6, 6.07) is -0.118. The number of hydrogen-bond donors (Lipinski definition) is 0. The van der Waals surface area contributed by atoms with Crippen molar-refractivity contribution in [2.75, 3.05) is 13.1 Å². The smallest absolute Gasteiger partial charge is 0.293 e. The molecule has 0 aromatic rings. The van der Waals surface area contributed by atoms with Gasteiger partial charge in [-0.2, -0.15) is 0 Å². The van der Waals surface area contributed by atoms with Crippen molar-refractivity contribution < 1.29 is 19.1 Å². The third-order valence-corrected chi connectivity index (χ3v) is 3.33. The van der Waals surface area contributed by atoms with Gasteiger partial charge in [-0.15, -0.1) is 0 Å². The molecule has 0 saturated carbocycles. The number of carbonyl (C=O) groups excluding carboxylic acids is 3. The number of ether oxygens (including phenoxy) is 1. The van der Waals surface area contributed by atoms with Crippen LogP contribution in [0.4, 0.5) is 0 Å². The van der Waals surface area contributed by atoms with E-state index in [-0.39, 0.29) is 29.6 Å². The maximum atomic E-state index is 11.6. The summed E-state index contributed by atoms with van der Waals surface area (Å²) in [4.78, 5) is 34.4. The van der Waals surface area contributed by atoms with Crippen molar-refractivity contribution in [1.82, 2.24) is 4.90 Å². The van der Waals surface area contributed by atoms with Crippen LogP contribution in [-0.2, 0) is 19.1 Å². The van der Waals surface area contributed by atoms with Crippen molar-refractivity contribution in [3.8, 4) is 0 Å². The molecule has 2 rings (SSSR count). The van der Waals surface area contributed by atoms with Crippen molar-refractivity contribution in [3.63, 3.8) is 0 Å². The van der Waals surface area contributed by atoms with Gasteiger partial charge in [0.2, 0.25) is 0 Å². The lowest BCUT2D eigenvalue weighted by Gasteiger charge is -2.32. The lowest BCUT2D eigenvalue weighted by atomic mass is 9.97. The highest BCUT2D eigenvalue weighted by Gasteiger charge is 2.28. The van der Waals surface area contributed by atoms with Crippen molar-refractivity contribution >= 4 is 18.0 Å². The van der Waals surface area contributed by atoms with Crippen molar-refractivity contribution in [3.05, 3.63) is 12.2 Å². The lowest BCUT2D eigenvalue weighted by Crippen LogP contribution is -2.44. The van der Waals surface area contributed by atoms with Gasteiger partial charge in [-0.05, 0) is 52.8 Å². The van der Waals surface area contributed by atoms with Gasteiger partial charge < -0.3 is 4.74 Å². The van der Waals surface area contributed by atoms with Crippen LogP contribution in [0, 0.1) is 0 Å². The molecule has 1 aliphatic heterocycles. The monoisotopic (exact) mass is 295 g/mol. The summed E-state index contributed by atoms with van der Waals surface area (Å²) in [5.74, 6) is 0.0164. The fourth-order valence-corrected chi connectivity index (χ4v) is 2.31. The van der Waals surface area contributed by atoms with Gasteiger partial charge in [0.25, 0.3) is 6.47 Å². The Hall–Kier alpha value is -1.49. The molecule has 1 aliphatic carbocycles. The van der Waals surface area contributed by atoms with Crippen LogP contribution < -0.4 is 0 Å². The molecular weight excluding hydrogens is 270 g/mol. The third kappa shape index (κ3) is 6.67. The SMILES string of the molecule is CC(C)(C)OC=O.O=C1C=CC(N2CCCCC2)C(=O)C1. The first-order valence-electron chi connectivity index (χ1n) is 7.43. The zero-order valence-electron chi connectivity index (χ0n) is 13.1. The first-order chi connectivity index (χ1) is 9.83. The Morgan fingerprint density at radius 1 is 1.19 bits per heavy atom. The second-order valence-electron chi connectivity index (χ2n) is 6.34. The molecule has 2 aliphatic rings. The number of ketones is 2. The number of carbonyl (C=O) groups is 3. The second-order valence-corrected chi connectivity index (χ2v) is 6.34. The van der Waals surface area contributed by atoms with Crippen LogP contribution in [0.1, 0.15) is 46.5 Å². The number of piperidine rings is 1. The van der Waals surface area contributed by atoms with Gasteiger partial charge in [-0.3, -0.25) is 19.3 Å². The molecule has 1 heterocycles. The summed E-state index contributed by atoms with van der Waals surface area (Å²) in [5, 5.41) is 0. The Labute approximate surface area is 126 Å². The number of Topliss-reactive ketones (excluding diaryl/α,β-unsaturated/α-hetero) is 1. The van der Waals surface area contributed by atoms with Crippen LogP contribution >= 0.6 is 0 Å². The topological polar surface area (TPSA) is 63.7 Å². The average molecular weight is 295 g/mol. The Kier molecular flexibility index (Phi) is 6.75. The molecular formula is C16H25NO4. The van der Waals surface area contributed by atoms with Gasteiger partial charge >= 0.3 is 0 Å². The van der Waals surface area contributed by atoms with Gasteiger partial charge in [0.05, 0.1) is 12.5 Å². The fraction of sp³-hybridized carbons (Fsp3) is 0.688. The van der Waals surface area contributed by atoms with Gasteiger partial charge in [0.1, 0.15) is 5.60 Å². The van der Waals surface area contributed by atoms with E-state index in [0.29, 0.717) is 6.47 Å². The van der Waals surface area contributed by atoms with Gasteiger partial charge in [0.15, 0.2) is 11.6 Å². The Balaban J connectivity index is 0.000000270. The summed E-state index contributed by atoms with van der Waals surface area (Å²) in [5.41, 5.74) is -0.318. The molecule has 0 aromatic carbocycles. The molecule has 21 heavy (non-hydrogen) atoms. The molecule has 0 bridgehead atoms. The highest BCUT2D eigenvalue weighted by molar-refractivity contribution is 6.09. The molecule has 0 aromatic heterocycles. The minimum absolute atomic E-state index is 0.0525. The minimum Gasteiger partial charge on any atom is -0.462 e. The zero-order chi connectivity index (χ0) is 15.9. The molecule has 0 spiro atoms. The van der Waals surface area contributed by atoms with Crippen LogP contribution in [0.15, 0.2) is 12.2 Å². The third-order valence-electron chi connectivity index (χ3n) is 3.33. The normalized spacial score (nSPS) is 23.3. The zero-order valence-corrected chi connectivity index (χ0v) is 13.1. The number of likely N-dealkylation sites (tertiary alicyclic amines) is 1. The van der Waals surface area contributed by atoms with Gasteiger partial charge in [0, 0.05) is 0 Å². The Bertz CT molecular complexity index is 403. The highest BCUT2D eigenvalue weighted by atomic mass is 16.5. The first-order valence-corrected chi connectivity index (χ1v) is 7.43. The van der Waals surface area contributed by atoms with E-state index in [0.717, 1.165) is 13.1 Å². The molecule has 5 heteroatoms. The van der Waals surface area contributed by atoms with Crippen molar-refractivity contribution in [2.45, 2.75) is 58.1 Å². The van der Waals surface area contributed by atoms with Crippen LogP contribution in [-0.4, -0.2) is 47.7 Å². The van der Waals surface area contributed by atoms with Crippen LogP contribution in [0.25, 0.3) is 0 Å². The van der Waals surface area contributed by atoms with E-state index in [1.54, 1.807) is 12.2 Å². The Morgan fingerprint density at radius 3 is 2.24 bits per heavy atom. The summed E-state index contributed by atoms with van der Waals surface area (Å²) in [6.07, 6.45) is 7.02. The molecule has 1 saturated heterocycles. The number of allylic oxidation sites excluding steroid dienone is 1. The maximum absolute atomic E-state index is 11.6. The van der Waals surface area contributed by atoms with E-state index < -0.39 is 0 Å². The first kappa shape index (κ1) is 17.6. The van der Waals surface area contributed by atoms with E-state index in [1.165, 1.54) is 19.3 Å². The standard InChI is InChI=1S/C11H15NO2.C5H10O2/c13-9-4-5-10(11(14)8-9)12-6-2-1-3-7-12;1-5(2,3)7-4-6/h4-5,10H,1-3,6-8H2;4H,1-3H3. The van der Waals surface area contributed by atoms with E-state index in [9.17, 15) is 14.4 Å². The molecule has 1 unspecified atom stereocenters. The summed E-state index contributed by atoms with van der Waals surface area (Å²) >= 11 is 0. The number of nitrogens with zero attached hydrogens (tertiary/aromatic N) is 1. The average Bonchev–Trinajstić information content (AvgIpc) is 2.39. The maximum Gasteiger partial charge on any atom is 0.293 e. The minimum atomic E-state index is -0.318. The second kappa shape index (κ2) is 8.08. The van der Waals surface area contributed by atoms with Gasteiger partial charge in [-0.1, -0.05) is 12.5 Å². The van der Waals surface area contributed by atoms with Gasteiger partial charge in [-0.25, -0.2) is 0 Å². The van der Waals surface area contributed by atoms with E-state index in [1.807, 2.05) is 20.8 Å². The summed E-state index contributed by atoms with van der Waals surface area (Å²) in [7, 11) is 0. The summed E-state index contributed by atoms with van der Waals surface area (Å²) in [6.45, 7) is 7.91. The van der Waals surface area contributed by atoms with E-state index in [4.69, 9.17) is 0 Å². The van der Waals surface area contributed by atoms with E-state index >= 15 is 0 Å². The predicted molar refractivity (Wildman–Crippen MR) is 79.9 cm³/mol. The molecule has 0 N–H and O–H groups in total. The lowest BCUT2D eigenvalue weighted by molar-refractivity contribution is -0.138. The summed E-state index contributed by atoms with van der Waals surface area (Å²) < 4.78 is 4.55. The molecule has 0 amide bonds. The van der Waals surface area contributed by atoms with Crippen molar-refractivity contribution in [1.29, 1.82) is 0 Å². The van der Waals surface area contributed by atoms with E-state index in [2.05, 4.69) is 9.64 Å². The van der Waals surface area contributed by atoms with Crippen LogP contribution in [0.3, 0.4) is 0 Å². The molecule has 1 atom stereocenters. The number of hydrogen-bond acceptors (Lipinski definition) is 5. The Morgan fingerprint density at radius 2 is 1.81 bits per heavy atom. The predicted octanol–water partition coefficient (Wildman–Crippen LogP) is 1.90. The molecule has 5 nitrogen and oxygen atoms in total. The quantitative estimate of drug-likeness (QED) is 0.575. The highest BCUT2D eigenvalue weighted by Crippen LogP contribution is 2.17. The molecule has 1 fully saturated rings. The number of rotatable bonds is 2. The van der Waals surface area contributed by atoms with Crippen LogP contribution in [0.2, 0.25) is 0 Å².